The Morgan fingerprint density at radius 1 is 1.03 bits per heavy atom. The summed E-state index contributed by atoms with van der Waals surface area (Å²) in [7, 11) is 1.40. The molecule has 0 saturated carbocycles. The number of aliphatic imine (C=N–C) groups is 1. The van der Waals surface area contributed by atoms with Crippen molar-refractivity contribution >= 4 is 39.9 Å². The van der Waals surface area contributed by atoms with Gasteiger partial charge in [-0.1, -0.05) is 54.1 Å². The van der Waals surface area contributed by atoms with Gasteiger partial charge >= 0.3 is 5.97 Å². The highest BCUT2D eigenvalue weighted by Crippen LogP contribution is 2.33. The summed E-state index contributed by atoms with van der Waals surface area (Å²) in [5, 5.41) is 12.3. The molecule has 2 N–H and O–H groups in total. The molecule has 0 spiro atoms. The van der Waals surface area contributed by atoms with E-state index in [-0.39, 0.29) is 11.8 Å². The molecule has 1 aromatic heterocycles. The lowest BCUT2D eigenvalue weighted by molar-refractivity contribution is -0.140. The minimum absolute atomic E-state index is 0.0384. The first-order valence-corrected chi connectivity index (χ1v) is 12.9. The van der Waals surface area contributed by atoms with E-state index in [1.54, 1.807) is 12.1 Å². The zero-order valence-corrected chi connectivity index (χ0v) is 21.6. The van der Waals surface area contributed by atoms with E-state index in [0.717, 1.165) is 47.4 Å². The van der Waals surface area contributed by atoms with Crippen LogP contribution in [0.15, 0.2) is 71.7 Å². The van der Waals surface area contributed by atoms with Crippen LogP contribution in [0.1, 0.15) is 41.5 Å². The molecule has 2 heterocycles. The molecule has 1 aliphatic heterocycles. The molecule has 1 aliphatic rings. The van der Waals surface area contributed by atoms with E-state index < -0.39 is 0 Å². The Balaban J connectivity index is 1.51. The van der Waals surface area contributed by atoms with Gasteiger partial charge in [0.15, 0.2) is 5.88 Å². The Kier molecular flexibility index (Phi) is 7.58. The Morgan fingerprint density at radius 3 is 2.43 bits per heavy atom. The van der Waals surface area contributed by atoms with Gasteiger partial charge < -0.3 is 14.8 Å². The molecule has 1 saturated heterocycles. The number of nitrogens with zero attached hydrogens (tertiary/aromatic N) is 2. The van der Waals surface area contributed by atoms with Crippen molar-refractivity contribution in [2.24, 2.45) is 4.99 Å². The zero-order valence-electron chi connectivity index (χ0n) is 20.8. The van der Waals surface area contributed by atoms with Gasteiger partial charge in [0.1, 0.15) is 0 Å². The third-order valence-corrected chi connectivity index (χ3v) is 7.07. The summed E-state index contributed by atoms with van der Waals surface area (Å²) >= 11 is 6.19. The van der Waals surface area contributed by atoms with Crippen molar-refractivity contribution < 1.29 is 14.6 Å². The van der Waals surface area contributed by atoms with E-state index >= 15 is 0 Å². The van der Waals surface area contributed by atoms with Crippen LogP contribution >= 0.6 is 11.6 Å². The summed E-state index contributed by atoms with van der Waals surface area (Å²) in [6.45, 7) is 3.26. The maximum Gasteiger partial charge on any atom is 0.305 e. The first-order chi connectivity index (χ1) is 18.0. The van der Waals surface area contributed by atoms with Gasteiger partial charge in [-0.3, -0.25) is 9.69 Å². The minimum atomic E-state index is -0.234. The number of aromatic nitrogens is 1. The molecular weight excluding hydrogens is 486 g/mol. The number of fused-ring (bicyclic) bond motifs is 1. The lowest BCUT2D eigenvalue weighted by atomic mass is 9.98. The van der Waals surface area contributed by atoms with Crippen LogP contribution in [-0.4, -0.2) is 46.9 Å². The zero-order chi connectivity index (χ0) is 25.8. The number of carbonyl (C=O) groups is 1. The van der Waals surface area contributed by atoms with Crippen LogP contribution in [0.2, 0.25) is 5.02 Å². The number of aromatic amines is 1. The highest BCUT2D eigenvalue weighted by molar-refractivity contribution is 6.31. The first-order valence-electron chi connectivity index (χ1n) is 12.6. The maximum absolute atomic E-state index is 11.5. The van der Waals surface area contributed by atoms with Crippen molar-refractivity contribution in [1.29, 1.82) is 0 Å². The van der Waals surface area contributed by atoms with Gasteiger partial charge in [0.2, 0.25) is 0 Å². The van der Waals surface area contributed by atoms with E-state index in [1.165, 1.54) is 25.5 Å². The Morgan fingerprint density at radius 2 is 1.73 bits per heavy atom. The molecule has 0 radical (unpaired) electrons. The van der Waals surface area contributed by atoms with Crippen LogP contribution in [0, 0.1) is 0 Å². The summed E-state index contributed by atoms with van der Waals surface area (Å²) in [6.07, 6.45) is 3.46. The standard InChI is InChI=1S/C30H30ClN3O3/c1-37-27(35)15-8-20-4-9-22(10-5-20)29(28-25-14-11-23(31)18-26(25)33-30(28)36)32-24-12-6-21(7-13-24)19-34-16-2-3-17-34/h4-7,9-14,18,33,36H,2-3,8,15-17,19H2,1H3. The molecule has 3 aromatic carbocycles. The molecule has 190 valence electrons. The second-order valence-corrected chi connectivity index (χ2v) is 9.86. The number of ether oxygens (including phenoxy) is 1. The predicted molar refractivity (Wildman–Crippen MR) is 148 cm³/mol. The molecule has 1 fully saturated rings. The summed E-state index contributed by atoms with van der Waals surface area (Å²) in [6, 6.07) is 21.7. The van der Waals surface area contributed by atoms with E-state index in [4.69, 9.17) is 21.3 Å². The topological polar surface area (TPSA) is 77.9 Å². The SMILES string of the molecule is COC(=O)CCc1ccc(C(=Nc2ccc(CN3CCCC3)cc2)c2c(O)[nH]c3cc(Cl)ccc23)cc1. The normalized spacial score (nSPS) is 14.4. The molecule has 0 atom stereocenters. The molecule has 0 unspecified atom stereocenters. The number of aryl methyl sites for hydroxylation is 1. The lowest BCUT2D eigenvalue weighted by Crippen LogP contribution is -2.18. The second-order valence-electron chi connectivity index (χ2n) is 9.42. The van der Waals surface area contributed by atoms with Crippen molar-refractivity contribution in [2.45, 2.75) is 32.2 Å². The average Bonchev–Trinajstić information content (AvgIpc) is 3.53. The van der Waals surface area contributed by atoms with Gasteiger partial charge in [0, 0.05) is 28.9 Å². The monoisotopic (exact) mass is 515 g/mol. The van der Waals surface area contributed by atoms with Crippen LogP contribution in [0.4, 0.5) is 5.69 Å². The number of likely N-dealkylation sites (tertiary alicyclic amines) is 1. The average molecular weight is 516 g/mol. The van der Waals surface area contributed by atoms with Crippen molar-refractivity contribution in [3.8, 4) is 5.88 Å². The van der Waals surface area contributed by atoms with Crippen LogP contribution in [-0.2, 0) is 22.5 Å². The Labute approximate surface area is 221 Å². The number of carbonyl (C=O) groups excluding carboxylic acids is 1. The summed E-state index contributed by atoms with van der Waals surface area (Å²) in [5.41, 5.74) is 5.96. The van der Waals surface area contributed by atoms with E-state index in [2.05, 4.69) is 22.0 Å². The Bertz CT molecular complexity index is 1420. The molecule has 0 amide bonds. The van der Waals surface area contributed by atoms with Gasteiger partial charge in [-0.2, -0.15) is 0 Å². The number of methoxy groups -OCH3 is 1. The van der Waals surface area contributed by atoms with Gasteiger partial charge in [-0.25, -0.2) is 4.99 Å². The number of benzene rings is 3. The summed E-state index contributed by atoms with van der Waals surface area (Å²) in [4.78, 5) is 22.1. The fourth-order valence-corrected chi connectivity index (χ4v) is 5.01. The fraction of sp³-hybridized carbons (Fsp3) is 0.267. The number of halogens is 1. The number of aromatic hydroxyl groups is 1. The second kappa shape index (κ2) is 11.2. The van der Waals surface area contributed by atoms with Crippen LogP contribution in [0.25, 0.3) is 10.9 Å². The van der Waals surface area contributed by atoms with Gasteiger partial charge in [-0.05, 0) is 67.7 Å². The quantitative estimate of drug-likeness (QED) is 0.210. The molecular formula is C30H30ClN3O3. The predicted octanol–water partition coefficient (Wildman–Crippen LogP) is 6.40. The summed E-state index contributed by atoms with van der Waals surface area (Å²) in [5.74, 6) is -0.196. The van der Waals surface area contributed by atoms with Gasteiger partial charge in [0.25, 0.3) is 0 Å². The number of nitrogens with one attached hydrogen (secondary N) is 1. The largest absolute Gasteiger partial charge is 0.494 e. The van der Waals surface area contributed by atoms with Crippen molar-refractivity contribution in [1.82, 2.24) is 9.88 Å². The molecule has 0 bridgehead atoms. The van der Waals surface area contributed by atoms with Gasteiger partial charge in [0.05, 0.1) is 29.6 Å². The van der Waals surface area contributed by atoms with Crippen molar-refractivity contribution in [3.63, 3.8) is 0 Å². The van der Waals surface area contributed by atoms with Gasteiger partial charge in [-0.15, -0.1) is 0 Å². The molecule has 0 aliphatic carbocycles. The fourth-order valence-electron chi connectivity index (χ4n) is 4.84. The number of hydrogen-bond acceptors (Lipinski definition) is 5. The van der Waals surface area contributed by atoms with Crippen LogP contribution in [0.5, 0.6) is 5.88 Å². The third-order valence-electron chi connectivity index (χ3n) is 6.83. The van der Waals surface area contributed by atoms with E-state index in [0.29, 0.717) is 29.1 Å². The van der Waals surface area contributed by atoms with Crippen LogP contribution in [0.3, 0.4) is 0 Å². The van der Waals surface area contributed by atoms with Crippen molar-refractivity contribution in [3.05, 3.63) is 94.0 Å². The number of hydrogen-bond donors (Lipinski definition) is 2. The summed E-state index contributed by atoms with van der Waals surface area (Å²) < 4.78 is 4.76. The van der Waals surface area contributed by atoms with Crippen LogP contribution < -0.4 is 0 Å². The molecule has 6 nitrogen and oxygen atoms in total. The lowest BCUT2D eigenvalue weighted by Gasteiger charge is -2.14. The minimum Gasteiger partial charge on any atom is -0.494 e. The highest BCUT2D eigenvalue weighted by Gasteiger charge is 2.19. The molecule has 7 heteroatoms. The maximum atomic E-state index is 11.5. The van der Waals surface area contributed by atoms with E-state index in [9.17, 15) is 9.90 Å². The molecule has 5 rings (SSSR count). The highest BCUT2D eigenvalue weighted by atomic mass is 35.5. The number of esters is 1. The third kappa shape index (κ3) is 5.87. The number of H-pyrrole nitrogens is 1. The molecule has 37 heavy (non-hydrogen) atoms. The number of rotatable bonds is 8. The molecule has 4 aromatic rings. The van der Waals surface area contributed by atoms with E-state index in [1.807, 2.05) is 42.5 Å². The first kappa shape index (κ1) is 25.1. The van der Waals surface area contributed by atoms with Crippen molar-refractivity contribution in [2.75, 3.05) is 20.2 Å². The smallest absolute Gasteiger partial charge is 0.305 e. The Hall–Kier alpha value is -3.61.